The molecule has 0 bridgehead atoms. The average Bonchev–Trinajstić information content (AvgIpc) is 2.64. The van der Waals surface area contributed by atoms with E-state index in [2.05, 4.69) is 26.0 Å². The number of carbonyl (C=O) groups excluding carboxylic acids is 2. The second-order valence-corrected chi connectivity index (χ2v) is 8.09. The van der Waals surface area contributed by atoms with Crippen molar-refractivity contribution in [2.24, 2.45) is 0 Å². The van der Waals surface area contributed by atoms with E-state index in [1.807, 2.05) is 17.0 Å². The third-order valence-electron chi connectivity index (χ3n) is 5.65. The number of rotatable bonds is 2. The molecule has 0 aromatic heterocycles. The Morgan fingerprint density at radius 3 is 2.59 bits per heavy atom. The maximum Gasteiger partial charge on any atom is 0.242 e. The van der Waals surface area contributed by atoms with Gasteiger partial charge in [0.25, 0.3) is 0 Å². The largest absolute Gasteiger partial charge is 0.331 e. The summed E-state index contributed by atoms with van der Waals surface area (Å²) in [5, 5.41) is 0. The summed E-state index contributed by atoms with van der Waals surface area (Å²) in [6.07, 6.45) is 0.174. The van der Waals surface area contributed by atoms with Crippen LogP contribution in [0.15, 0.2) is 48.5 Å². The summed E-state index contributed by atoms with van der Waals surface area (Å²) in [6.45, 7) is 5.57. The molecule has 1 atom stereocenters. The van der Waals surface area contributed by atoms with Crippen molar-refractivity contribution in [3.8, 4) is 0 Å². The number of benzene rings is 2. The summed E-state index contributed by atoms with van der Waals surface area (Å²) in [6, 6.07) is 14.0. The molecule has 1 fully saturated rings. The first-order valence-corrected chi connectivity index (χ1v) is 9.26. The molecule has 2 amide bonds. The van der Waals surface area contributed by atoms with Gasteiger partial charge in [0.05, 0.1) is 19.0 Å². The van der Waals surface area contributed by atoms with Gasteiger partial charge in [0.15, 0.2) is 0 Å². The molecule has 2 aliphatic heterocycles. The van der Waals surface area contributed by atoms with Gasteiger partial charge >= 0.3 is 0 Å². The molecule has 2 aliphatic rings. The van der Waals surface area contributed by atoms with Crippen molar-refractivity contribution < 1.29 is 14.0 Å². The molecule has 0 N–H and O–H groups in total. The first-order chi connectivity index (χ1) is 12.8. The lowest BCUT2D eigenvalue weighted by molar-refractivity contribution is -0.150. The van der Waals surface area contributed by atoms with E-state index in [0.29, 0.717) is 13.1 Å². The van der Waals surface area contributed by atoms with Crippen LogP contribution in [0, 0.1) is 5.82 Å². The standard InChI is InChI=1S/C22H23FN2O2/c1-22(2)14-25-19(17-5-3-4-6-18(17)22)12-24(13-21(25)27)20(26)11-15-7-9-16(23)10-8-15/h3-10,19H,11-14H2,1-2H3. The van der Waals surface area contributed by atoms with Crippen molar-refractivity contribution in [3.05, 3.63) is 71.0 Å². The average molecular weight is 366 g/mol. The van der Waals surface area contributed by atoms with Gasteiger partial charge in [-0.05, 0) is 28.8 Å². The third kappa shape index (κ3) is 3.22. The molecule has 2 heterocycles. The van der Waals surface area contributed by atoms with Gasteiger partial charge in [-0.1, -0.05) is 50.2 Å². The molecule has 4 rings (SSSR count). The Morgan fingerprint density at radius 1 is 1.15 bits per heavy atom. The number of hydrogen-bond acceptors (Lipinski definition) is 2. The third-order valence-corrected chi connectivity index (χ3v) is 5.65. The monoisotopic (exact) mass is 366 g/mol. The molecule has 0 aliphatic carbocycles. The van der Waals surface area contributed by atoms with Gasteiger partial charge in [0.1, 0.15) is 5.82 Å². The van der Waals surface area contributed by atoms with E-state index in [1.54, 1.807) is 17.0 Å². The number of fused-ring (bicyclic) bond motifs is 3. The van der Waals surface area contributed by atoms with Crippen molar-refractivity contribution in [1.29, 1.82) is 0 Å². The highest BCUT2D eigenvalue weighted by molar-refractivity contribution is 5.87. The fourth-order valence-electron chi connectivity index (χ4n) is 4.26. The highest BCUT2D eigenvalue weighted by Gasteiger charge is 2.43. The Morgan fingerprint density at radius 2 is 1.85 bits per heavy atom. The highest BCUT2D eigenvalue weighted by Crippen LogP contribution is 2.41. The van der Waals surface area contributed by atoms with Gasteiger partial charge in [-0.2, -0.15) is 0 Å². The van der Waals surface area contributed by atoms with Crippen LogP contribution < -0.4 is 0 Å². The van der Waals surface area contributed by atoms with Crippen LogP contribution in [-0.2, 0) is 21.4 Å². The van der Waals surface area contributed by atoms with Crippen LogP contribution in [0.1, 0.15) is 36.6 Å². The molecular formula is C22H23FN2O2. The fourth-order valence-corrected chi connectivity index (χ4v) is 4.26. The molecule has 1 unspecified atom stereocenters. The number of hydrogen-bond donors (Lipinski definition) is 0. The van der Waals surface area contributed by atoms with Crippen LogP contribution in [0.5, 0.6) is 0 Å². The topological polar surface area (TPSA) is 40.6 Å². The number of nitrogens with zero attached hydrogens (tertiary/aromatic N) is 2. The molecule has 5 heteroatoms. The van der Waals surface area contributed by atoms with E-state index in [4.69, 9.17) is 0 Å². The minimum atomic E-state index is -0.323. The summed E-state index contributed by atoms with van der Waals surface area (Å²) in [5.41, 5.74) is 3.01. The van der Waals surface area contributed by atoms with Crippen LogP contribution in [-0.4, -0.2) is 41.2 Å². The molecule has 2 aromatic rings. The zero-order valence-corrected chi connectivity index (χ0v) is 15.6. The zero-order chi connectivity index (χ0) is 19.2. The van der Waals surface area contributed by atoms with E-state index in [0.717, 1.165) is 11.1 Å². The van der Waals surface area contributed by atoms with Crippen LogP contribution in [0.4, 0.5) is 4.39 Å². The predicted molar refractivity (Wildman–Crippen MR) is 101 cm³/mol. The Labute approximate surface area is 158 Å². The quantitative estimate of drug-likeness (QED) is 0.820. The van der Waals surface area contributed by atoms with Gasteiger partial charge < -0.3 is 9.80 Å². The summed E-state index contributed by atoms with van der Waals surface area (Å²) >= 11 is 0. The number of halogens is 1. The first kappa shape index (κ1) is 17.7. The number of carbonyl (C=O) groups is 2. The summed E-state index contributed by atoms with van der Waals surface area (Å²) < 4.78 is 13.1. The number of piperazine rings is 1. The Balaban J connectivity index is 1.58. The van der Waals surface area contributed by atoms with Crippen molar-refractivity contribution >= 4 is 11.8 Å². The second-order valence-electron chi connectivity index (χ2n) is 8.09. The molecule has 140 valence electrons. The molecule has 27 heavy (non-hydrogen) atoms. The molecule has 2 aromatic carbocycles. The van der Waals surface area contributed by atoms with Gasteiger partial charge in [-0.25, -0.2) is 4.39 Å². The maximum atomic E-state index is 13.1. The van der Waals surface area contributed by atoms with E-state index >= 15 is 0 Å². The van der Waals surface area contributed by atoms with E-state index in [-0.39, 0.29) is 42.1 Å². The minimum absolute atomic E-state index is 0.0127. The molecule has 0 radical (unpaired) electrons. The lowest BCUT2D eigenvalue weighted by atomic mass is 9.75. The van der Waals surface area contributed by atoms with Crippen LogP contribution in [0.25, 0.3) is 0 Å². The van der Waals surface area contributed by atoms with Crippen molar-refractivity contribution in [1.82, 2.24) is 9.80 Å². The molecule has 0 saturated carbocycles. The lowest BCUT2D eigenvalue weighted by Crippen LogP contribution is -2.58. The van der Waals surface area contributed by atoms with Crippen molar-refractivity contribution in [2.75, 3.05) is 19.6 Å². The summed E-state index contributed by atoms with van der Waals surface area (Å²) in [7, 11) is 0. The Bertz CT molecular complexity index is 891. The number of amides is 2. The van der Waals surface area contributed by atoms with Crippen LogP contribution in [0.2, 0.25) is 0 Å². The van der Waals surface area contributed by atoms with Gasteiger partial charge in [-0.15, -0.1) is 0 Å². The van der Waals surface area contributed by atoms with Crippen LogP contribution in [0.3, 0.4) is 0 Å². The molecule has 4 nitrogen and oxygen atoms in total. The SMILES string of the molecule is CC1(C)CN2C(=O)CN(C(=O)Cc3ccc(F)cc3)CC2c2ccccc21. The van der Waals surface area contributed by atoms with Gasteiger partial charge in [-0.3, -0.25) is 9.59 Å². The van der Waals surface area contributed by atoms with E-state index in [9.17, 15) is 14.0 Å². The minimum Gasteiger partial charge on any atom is -0.331 e. The van der Waals surface area contributed by atoms with Crippen LogP contribution >= 0.6 is 0 Å². The Kier molecular flexibility index (Phi) is 4.25. The van der Waals surface area contributed by atoms with Crippen molar-refractivity contribution in [2.45, 2.75) is 31.7 Å². The first-order valence-electron chi connectivity index (χ1n) is 9.26. The highest BCUT2D eigenvalue weighted by atomic mass is 19.1. The lowest BCUT2D eigenvalue weighted by Gasteiger charge is -2.49. The maximum absolute atomic E-state index is 13.1. The summed E-state index contributed by atoms with van der Waals surface area (Å²) in [4.78, 5) is 29.2. The molecular weight excluding hydrogens is 343 g/mol. The van der Waals surface area contributed by atoms with Gasteiger partial charge in [0.2, 0.25) is 11.8 Å². The zero-order valence-electron chi connectivity index (χ0n) is 15.6. The second kappa shape index (κ2) is 6.48. The van der Waals surface area contributed by atoms with E-state index in [1.165, 1.54) is 17.7 Å². The van der Waals surface area contributed by atoms with Gasteiger partial charge in [0, 0.05) is 18.5 Å². The normalized spacial score (nSPS) is 20.9. The van der Waals surface area contributed by atoms with Crippen molar-refractivity contribution in [3.63, 3.8) is 0 Å². The Hall–Kier alpha value is -2.69. The molecule has 1 saturated heterocycles. The fraction of sp³-hybridized carbons (Fsp3) is 0.364. The summed E-state index contributed by atoms with van der Waals surface area (Å²) in [5.74, 6) is -0.436. The van der Waals surface area contributed by atoms with E-state index < -0.39 is 0 Å². The molecule has 0 spiro atoms. The predicted octanol–water partition coefficient (Wildman–Crippen LogP) is 3.07. The smallest absolute Gasteiger partial charge is 0.242 e.